The summed E-state index contributed by atoms with van der Waals surface area (Å²) in [7, 11) is 0. The predicted octanol–water partition coefficient (Wildman–Crippen LogP) is 5.51. The molecule has 0 saturated carbocycles. The molecule has 4 nitrogen and oxygen atoms in total. The monoisotopic (exact) mass is 499 g/mol. The van der Waals surface area contributed by atoms with Crippen molar-refractivity contribution in [1.29, 1.82) is 0 Å². The summed E-state index contributed by atoms with van der Waals surface area (Å²) < 4.78 is 33.9. The summed E-state index contributed by atoms with van der Waals surface area (Å²) in [4.78, 5) is 14.3. The van der Waals surface area contributed by atoms with E-state index in [1.807, 2.05) is 36.4 Å². The molecule has 184 valence electrons. The summed E-state index contributed by atoms with van der Waals surface area (Å²) in [6.45, 7) is 1.28. The van der Waals surface area contributed by atoms with E-state index in [9.17, 15) is 18.7 Å². The second kappa shape index (κ2) is 10.9. The van der Waals surface area contributed by atoms with Gasteiger partial charge in [0.2, 0.25) is 0 Å². The number of carbonyl (C=O) groups is 1. The molecule has 3 saturated heterocycles. The van der Waals surface area contributed by atoms with Crippen molar-refractivity contribution in [3.63, 3.8) is 0 Å². The molecule has 3 fully saturated rings. The van der Waals surface area contributed by atoms with Gasteiger partial charge in [-0.15, -0.1) is 12.4 Å². The number of carboxylic acids is 1. The molecule has 5 atom stereocenters. The van der Waals surface area contributed by atoms with E-state index in [1.165, 1.54) is 12.1 Å². The summed E-state index contributed by atoms with van der Waals surface area (Å²) in [5.41, 5.74) is 2.66. The van der Waals surface area contributed by atoms with Gasteiger partial charge in [0, 0.05) is 30.5 Å². The van der Waals surface area contributed by atoms with Crippen LogP contribution in [-0.4, -0.2) is 41.2 Å². The molecule has 7 heteroatoms. The van der Waals surface area contributed by atoms with Gasteiger partial charge in [-0.3, -0.25) is 9.69 Å². The lowest BCUT2D eigenvalue weighted by Crippen LogP contribution is -2.65. The minimum absolute atomic E-state index is 0. The smallest absolute Gasteiger partial charge is 0.308 e. The van der Waals surface area contributed by atoms with Crippen LogP contribution in [0.25, 0.3) is 0 Å². The topological polar surface area (TPSA) is 49.8 Å². The van der Waals surface area contributed by atoms with Gasteiger partial charge in [0.1, 0.15) is 11.6 Å². The number of ether oxygens (including phenoxy) is 1. The van der Waals surface area contributed by atoms with E-state index in [4.69, 9.17) is 4.74 Å². The van der Waals surface area contributed by atoms with E-state index < -0.39 is 29.6 Å². The Morgan fingerprint density at radius 1 is 0.971 bits per heavy atom. The van der Waals surface area contributed by atoms with Gasteiger partial charge in [0.05, 0.1) is 18.6 Å². The van der Waals surface area contributed by atoms with Crippen LogP contribution in [0, 0.1) is 23.5 Å². The number of carboxylic acid groups (broad SMARTS) is 1. The first-order valence-corrected chi connectivity index (χ1v) is 11.6. The first-order valence-electron chi connectivity index (χ1n) is 11.6. The molecule has 0 amide bonds. The van der Waals surface area contributed by atoms with Gasteiger partial charge in [-0.2, -0.15) is 0 Å². The molecule has 0 spiro atoms. The first kappa shape index (κ1) is 25.3. The molecule has 1 N–H and O–H groups in total. The quantitative estimate of drug-likeness (QED) is 0.466. The lowest BCUT2D eigenvalue weighted by molar-refractivity contribution is -0.172. The summed E-state index contributed by atoms with van der Waals surface area (Å²) in [5, 5.41) is 9.91. The molecule has 6 rings (SSSR count). The van der Waals surface area contributed by atoms with Crippen molar-refractivity contribution < 1.29 is 23.4 Å². The Labute approximate surface area is 209 Å². The highest BCUT2D eigenvalue weighted by molar-refractivity contribution is 5.85. The second-order valence-electron chi connectivity index (χ2n) is 9.24. The van der Waals surface area contributed by atoms with Gasteiger partial charge < -0.3 is 9.84 Å². The van der Waals surface area contributed by atoms with Gasteiger partial charge in [0.15, 0.2) is 0 Å². The molecule has 3 aromatic carbocycles. The second-order valence-corrected chi connectivity index (χ2v) is 9.24. The van der Waals surface area contributed by atoms with Crippen molar-refractivity contribution in [3.05, 3.63) is 107 Å². The van der Waals surface area contributed by atoms with Crippen LogP contribution in [-0.2, 0) is 16.1 Å². The molecule has 2 bridgehead atoms. The van der Waals surface area contributed by atoms with E-state index >= 15 is 0 Å². The molecule has 0 aliphatic carbocycles. The fraction of sp³-hybridized carbons (Fsp3) is 0.321. The Morgan fingerprint density at radius 2 is 1.54 bits per heavy atom. The molecule has 3 aromatic rings. The third kappa shape index (κ3) is 5.25. The lowest BCUT2D eigenvalue weighted by Gasteiger charge is -2.55. The van der Waals surface area contributed by atoms with Crippen LogP contribution >= 0.6 is 12.4 Å². The fourth-order valence-corrected chi connectivity index (χ4v) is 5.80. The summed E-state index contributed by atoms with van der Waals surface area (Å²) in [6, 6.07) is 23.6. The first-order chi connectivity index (χ1) is 16.5. The Hall–Kier alpha value is -2.80. The van der Waals surface area contributed by atoms with Crippen molar-refractivity contribution in [1.82, 2.24) is 4.90 Å². The van der Waals surface area contributed by atoms with E-state index in [0.717, 1.165) is 23.7 Å². The molecule has 1 unspecified atom stereocenters. The van der Waals surface area contributed by atoms with E-state index in [2.05, 4.69) is 29.2 Å². The van der Waals surface area contributed by atoms with E-state index in [-0.39, 0.29) is 36.9 Å². The van der Waals surface area contributed by atoms with Gasteiger partial charge in [-0.25, -0.2) is 8.78 Å². The number of rotatable bonds is 7. The van der Waals surface area contributed by atoms with Crippen molar-refractivity contribution in [3.8, 4) is 0 Å². The minimum Gasteiger partial charge on any atom is -0.481 e. The van der Waals surface area contributed by atoms with Crippen molar-refractivity contribution in [2.45, 2.75) is 31.1 Å². The summed E-state index contributed by atoms with van der Waals surface area (Å²) in [6.07, 6.45) is 0.312. The molecule has 35 heavy (non-hydrogen) atoms. The van der Waals surface area contributed by atoms with Gasteiger partial charge >= 0.3 is 5.97 Å². The maximum absolute atomic E-state index is 13.8. The maximum atomic E-state index is 13.8. The zero-order valence-corrected chi connectivity index (χ0v) is 19.9. The number of nitrogens with zero attached hydrogens (tertiary/aromatic N) is 1. The number of hydrogen-bond acceptors (Lipinski definition) is 3. The zero-order valence-electron chi connectivity index (χ0n) is 19.1. The standard InChI is InChI=1S/C28H27F2NO3.ClH/c29-21-13-18(14-22(30)15-21)17-34-27-23-11-12-31(16-24(23)28(32)33)26(27)25(19-7-3-1-4-8-19)20-9-5-2-6-10-20;/h1-10,13-15,23-27H,11-12,16-17H2,(H,32,33);1H/t23-,24-,26-,27+;/m1./s1. The minimum atomic E-state index is -0.825. The Bertz CT molecular complexity index is 1090. The molecule has 3 aliphatic rings. The third-order valence-electron chi connectivity index (χ3n) is 7.22. The third-order valence-corrected chi connectivity index (χ3v) is 7.22. The van der Waals surface area contributed by atoms with Gasteiger partial charge in [-0.05, 0) is 41.8 Å². The average Bonchev–Trinajstić information content (AvgIpc) is 2.84. The normalized spacial score (nSPS) is 25.3. The maximum Gasteiger partial charge on any atom is 0.308 e. The Kier molecular flexibility index (Phi) is 7.85. The van der Waals surface area contributed by atoms with Crippen LogP contribution in [0.4, 0.5) is 8.78 Å². The number of aliphatic carboxylic acids is 1. The van der Waals surface area contributed by atoms with E-state index in [0.29, 0.717) is 18.5 Å². The van der Waals surface area contributed by atoms with Gasteiger partial charge in [0.25, 0.3) is 0 Å². The summed E-state index contributed by atoms with van der Waals surface area (Å²) >= 11 is 0. The highest BCUT2D eigenvalue weighted by atomic mass is 35.5. The highest BCUT2D eigenvalue weighted by Crippen LogP contribution is 2.45. The molecule has 0 radical (unpaired) electrons. The van der Waals surface area contributed by atoms with Gasteiger partial charge in [-0.1, -0.05) is 60.7 Å². The zero-order chi connectivity index (χ0) is 23.7. The number of hydrogen-bond donors (Lipinski definition) is 1. The molecule has 0 aromatic heterocycles. The van der Waals surface area contributed by atoms with Crippen LogP contribution in [0.3, 0.4) is 0 Å². The molecular formula is C28H28ClF2NO3. The number of fused-ring (bicyclic) bond motifs is 3. The lowest BCUT2D eigenvalue weighted by atomic mass is 9.68. The van der Waals surface area contributed by atoms with Crippen LogP contribution in [0.2, 0.25) is 0 Å². The molecule has 3 heterocycles. The molecule has 3 aliphatic heterocycles. The van der Waals surface area contributed by atoms with Crippen molar-refractivity contribution >= 4 is 18.4 Å². The van der Waals surface area contributed by atoms with Crippen molar-refractivity contribution in [2.75, 3.05) is 13.1 Å². The SMILES string of the molecule is Cl.O=C(O)[C@@H]1CN2CC[C@H]1[C@H](OCc1cc(F)cc(F)c1)[C@H]2C(c1ccccc1)c1ccccc1. The summed E-state index contributed by atoms with van der Waals surface area (Å²) in [5.74, 6) is -2.88. The number of piperidine rings is 3. The molecular weight excluding hydrogens is 472 g/mol. The number of halogens is 3. The fourth-order valence-electron chi connectivity index (χ4n) is 5.80. The van der Waals surface area contributed by atoms with Crippen LogP contribution in [0.15, 0.2) is 78.9 Å². The predicted molar refractivity (Wildman–Crippen MR) is 132 cm³/mol. The Morgan fingerprint density at radius 3 is 2.09 bits per heavy atom. The van der Waals surface area contributed by atoms with E-state index in [1.54, 1.807) is 0 Å². The van der Waals surface area contributed by atoms with Crippen LogP contribution in [0.1, 0.15) is 29.0 Å². The average molecular weight is 500 g/mol. The van der Waals surface area contributed by atoms with Crippen molar-refractivity contribution in [2.24, 2.45) is 11.8 Å². The largest absolute Gasteiger partial charge is 0.481 e. The highest BCUT2D eigenvalue weighted by Gasteiger charge is 2.53. The number of benzene rings is 3. The Balaban J connectivity index is 0.00000289. The van der Waals surface area contributed by atoms with Crippen LogP contribution < -0.4 is 0 Å². The van der Waals surface area contributed by atoms with Crippen LogP contribution in [0.5, 0.6) is 0 Å².